The lowest BCUT2D eigenvalue weighted by Crippen LogP contribution is -2.66. The quantitative estimate of drug-likeness (QED) is 0.0303. The topological polar surface area (TPSA) is 299 Å². The Morgan fingerprint density at radius 1 is 0.362 bits per heavy atom. The standard InChI is InChI=1S/C24H29ClF3NO4.2C22H24ClF4NO4.C20H23BrF3NO4S/c25-17-10-6-7-15(13-17)11-12-18-21(23(32)33)29(22(18)31)20(30)14-19(24(26,27)28)16-8-4-2-1-3-5-9-16;2*23-14-7-9-17(24)13(10-14)6-8-15-19(21(31)32)28(20(15)30)18(29)11-16(22(25,26)27)12-4-2-1-3-5-12;21-15-9-7-12(30-15)6-8-13-17(19(28)29)25(18(13)27)16(26)10-14(20(22,23)24)11-4-2-1-3-5-11/h6-7,10,13,16,18-19,21H,1-5,8-9,11-12,14H2,(H,32,33);2*7,9-10,12,15-16,19H,1-6,8,11H2,(H,31,32);7,9,11,13-14,17H,1-6,8,10H2,(H,28,29)/t18-,19+,21+;2*15-,16+,19+;13-,14+,17+/m1111/s1. The maximum atomic E-state index is 13.9. The van der Waals surface area contributed by atoms with Crippen molar-refractivity contribution in [3.8, 4) is 0 Å². The van der Waals surface area contributed by atoms with Crippen molar-refractivity contribution in [3.05, 3.63) is 125 Å². The van der Waals surface area contributed by atoms with E-state index in [2.05, 4.69) is 15.9 Å². The number of hydrogen-bond acceptors (Lipinski definition) is 13. The van der Waals surface area contributed by atoms with Crippen LogP contribution in [0.4, 0.5) is 61.5 Å². The molecule has 3 aromatic carbocycles. The zero-order valence-corrected chi connectivity index (χ0v) is 73.6. The van der Waals surface area contributed by atoms with Gasteiger partial charge in [-0.3, -0.25) is 58.0 Å². The Morgan fingerprint density at radius 2 is 0.622 bits per heavy atom. The number of carbonyl (C=O) groups is 12. The minimum Gasteiger partial charge on any atom is -0.480 e. The summed E-state index contributed by atoms with van der Waals surface area (Å²) in [7, 11) is 0. The molecule has 12 rings (SSSR count). The van der Waals surface area contributed by atoms with E-state index in [-0.39, 0.29) is 59.7 Å². The summed E-state index contributed by atoms with van der Waals surface area (Å²) in [4.78, 5) is 151. The molecule has 4 aliphatic carbocycles. The molecule has 4 aromatic rings. The number of benzene rings is 3. The van der Waals surface area contributed by atoms with Gasteiger partial charge >= 0.3 is 48.6 Å². The molecule has 4 N–H and O–H groups in total. The third-order valence-electron chi connectivity index (χ3n) is 26.0. The van der Waals surface area contributed by atoms with Crippen LogP contribution < -0.4 is 0 Å². The number of β-lactam (4-membered cyclic amide) rings is 4. The number of amides is 8. The number of carbonyl (C=O) groups excluding carboxylic acids is 8. The number of thiophene rings is 1. The Kier molecular flexibility index (Phi) is 36.7. The van der Waals surface area contributed by atoms with Crippen LogP contribution in [-0.4, -0.2) is 160 Å². The van der Waals surface area contributed by atoms with Crippen molar-refractivity contribution in [2.45, 2.75) is 267 Å². The lowest BCUT2D eigenvalue weighted by atomic mass is 9.77. The molecule has 700 valence electrons. The lowest BCUT2D eigenvalue weighted by molar-refractivity contribution is -0.200. The van der Waals surface area contributed by atoms with E-state index in [1.807, 2.05) is 12.1 Å². The van der Waals surface area contributed by atoms with E-state index < -0.39 is 228 Å². The van der Waals surface area contributed by atoms with Gasteiger partial charge in [-0.25, -0.2) is 28.0 Å². The molecule has 39 heteroatoms. The number of carboxylic acids is 4. The summed E-state index contributed by atoms with van der Waals surface area (Å²) >= 11 is 22.4. The predicted octanol–water partition coefficient (Wildman–Crippen LogP) is 20.7. The van der Waals surface area contributed by atoms with Crippen LogP contribution in [0.3, 0.4) is 0 Å². The molecule has 0 bridgehead atoms. The second-order valence-corrected chi connectivity index (χ2v) is 38.0. The molecule has 20 nitrogen and oxygen atoms in total. The highest BCUT2D eigenvalue weighted by Gasteiger charge is 2.61. The fourth-order valence-corrected chi connectivity index (χ4v) is 21.4. The molecule has 0 unspecified atom stereocenters. The molecule has 0 spiro atoms. The average Bonchev–Trinajstić information content (AvgIpc) is 0.892. The van der Waals surface area contributed by atoms with E-state index in [9.17, 15) is 139 Å². The Bertz CT molecular complexity index is 4430. The molecule has 4 saturated carbocycles. The summed E-state index contributed by atoms with van der Waals surface area (Å²) in [6, 6.07) is 12.4. The maximum Gasteiger partial charge on any atom is 0.392 e. The molecular weight excluding hydrogens is 1850 g/mol. The average molecular weight is 1950 g/mol. The third-order valence-corrected chi connectivity index (χ3v) is 28.4. The first-order valence-electron chi connectivity index (χ1n) is 42.7. The molecule has 8 amide bonds. The van der Waals surface area contributed by atoms with E-state index in [1.54, 1.807) is 24.3 Å². The van der Waals surface area contributed by atoms with Gasteiger partial charge in [0.1, 0.15) is 35.8 Å². The first-order valence-corrected chi connectivity index (χ1v) is 45.4. The molecule has 0 radical (unpaired) electrons. The molecule has 8 fully saturated rings. The van der Waals surface area contributed by atoms with Crippen LogP contribution in [0.5, 0.6) is 0 Å². The summed E-state index contributed by atoms with van der Waals surface area (Å²) in [6.07, 6.45) is -7.33. The number of nitrogens with zero attached hydrogens (tertiary/aromatic N) is 4. The van der Waals surface area contributed by atoms with Crippen molar-refractivity contribution < 1.29 is 139 Å². The largest absolute Gasteiger partial charge is 0.480 e. The van der Waals surface area contributed by atoms with Crippen LogP contribution in [0, 0.1) is 82.6 Å². The van der Waals surface area contributed by atoms with Gasteiger partial charge in [0, 0.05) is 45.6 Å². The van der Waals surface area contributed by atoms with Crippen molar-refractivity contribution >= 4 is 133 Å². The Hall–Kier alpha value is -7.83. The highest BCUT2D eigenvalue weighted by atomic mass is 79.9. The van der Waals surface area contributed by atoms with Gasteiger partial charge in [0.15, 0.2) is 0 Å². The van der Waals surface area contributed by atoms with Gasteiger partial charge in [0.05, 0.1) is 51.1 Å². The lowest BCUT2D eigenvalue weighted by Gasteiger charge is -2.44. The van der Waals surface area contributed by atoms with Crippen LogP contribution in [0.1, 0.15) is 214 Å². The number of aryl methyl sites for hydroxylation is 4. The van der Waals surface area contributed by atoms with Crippen LogP contribution >= 0.6 is 62.1 Å². The van der Waals surface area contributed by atoms with Crippen LogP contribution in [-0.2, 0) is 83.2 Å². The second-order valence-electron chi connectivity index (χ2n) is 34.1. The molecule has 127 heavy (non-hydrogen) atoms. The number of halogens is 18. The smallest absolute Gasteiger partial charge is 0.392 e. The fourth-order valence-electron chi connectivity index (χ4n) is 19.3. The zero-order valence-electron chi connectivity index (χ0n) is 68.9. The monoisotopic (exact) mass is 1950 g/mol. The molecular formula is C88H100BrCl3F14N4O16S. The van der Waals surface area contributed by atoms with Gasteiger partial charge in [0.25, 0.3) is 0 Å². The van der Waals surface area contributed by atoms with E-state index in [1.165, 1.54) is 35.6 Å². The Morgan fingerprint density at radius 3 is 0.882 bits per heavy atom. The molecule has 4 saturated heterocycles. The SMILES string of the molecule is O=C(O)[C@@H]1[C@@H](CCc2cc(Cl)ccc2F)C(=O)N1C(=O)C[C@@H](C1CCCCC1)C(F)(F)F.O=C(O)[C@@H]1[C@@H](CCc2cc(Cl)ccc2F)C(=O)N1C(=O)C[C@@H](C1CCCCC1)C(F)(F)F.O=C(O)[C@@H]1[C@@H](CCc2ccc(Br)s2)C(=O)N1C(=O)C[C@@H](C1CCCCC1)C(F)(F)F.O=C(O)[C@@H]1[C@@H](CCc2cccc(Cl)c2)C(=O)N1C(=O)C[C@@H](C1CCCCCCC1)C(F)(F)F. The number of hydrogen-bond donors (Lipinski definition) is 4. The van der Waals surface area contributed by atoms with Gasteiger partial charge in [-0.15, -0.1) is 11.3 Å². The third kappa shape index (κ3) is 27.0. The van der Waals surface area contributed by atoms with E-state index in [0.717, 1.165) is 64.9 Å². The van der Waals surface area contributed by atoms with Crippen molar-refractivity contribution in [1.29, 1.82) is 0 Å². The summed E-state index contributed by atoms with van der Waals surface area (Å²) in [5.74, 6) is -28.6. The van der Waals surface area contributed by atoms with E-state index in [4.69, 9.17) is 34.8 Å². The van der Waals surface area contributed by atoms with Crippen molar-refractivity contribution in [1.82, 2.24) is 19.6 Å². The van der Waals surface area contributed by atoms with Crippen molar-refractivity contribution in [3.63, 3.8) is 0 Å². The van der Waals surface area contributed by atoms with Crippen LogP contribution in [0.2, 0.25) is 15.1 Å². The Labute approximate surface area is 751 Å². The normalized spacial score (nSPS) is 23.3. The van der Waals surface area contributed by atoms with Gasteiger partial charge in [-0.2, -0.15) is 52.7 Å². The second kappa shape index (κ2) is 45.3. The van der Waals surface area contributed by atoms with Gasteiger partial charge < -0.3 is 20.4 Å². The maximum absolute atomic E-state index is 13.9. The van der Waals surface area contributed by atoms with Crippen molar-refractivity contribution in [2.75, 3.05) is 0 Å². The molecule has 8 aliphatic rings. The number of carboxylic acid groups (broad SMARTS) is 4. The number of aliphatic carboxylic acids is 4. The summed E-state index contributed by atoms with van der Waals surface area (Å²) < 4.78 is 193. The molecule has 12 atom stereocenters. The highest BCUT2D eigenvalue weighted by molar-refractivity contribution is 9.11. The summed E-state index contributed by atoms with van der Waals surface area (Å²) in [6.45, 7) is 0. The molecule has 4 aliphatic heterocycles. The number of alkyl halides is 12. The number of likely N-dealkylation sites (tertiary alicyclic amines) is 4. The highest BCUT2D eigenvalue weighted by Crippen LogP contribution is 2.49. The van der Waals surface area contributed by atoms with Gasteiger partial charge in [-0.05, 0) is 220 Å². The Balaban J connectivity index is 0.000000191. The van der Waals surface area contributed by atoms with Crippen LogP contribution in [0.25, 0.3) is 0 Å². The minimum atomic E-state index is -4.62. The van der Waals surface area contributed by atoms with Gasteiger partial charge in [0.2, 0.25) is 47.3 Å². The first-order chi connectivity index (χ1) is 59.7. The van der Waals surface area contributed by atoms with E-state index >= 15 is 0 Å². The fraction of sp³-hybridized carbons (Fsp3) is 0.614. The molecule has 1 aromatic heterocycles. The minimum absolute atomic E-state index is 0.00185. The zero-order chi connectivity index (χ0) is 93.5. The van der Waals surface area contributed by atoms with Gasteiger partial charge in [-0.1, -0.05) is 137 Å². The summed E-state index contributed by atoms with van der Waals surface area (Å²) in [5.41, 5.74) is 1.19. The van der Waals surface area contributed by atoms with Crippen LogP contribution in [0.15, 0.2) is 76.6 Å². The summed E-state index contributed by atoms with van der Waals surface area (Å²) in [5, 5.41) is 39.2. The number of imide groups is 4. The first kappa shape index (κ1) is 103. The van der Waals surface area contributed by atoms with E-state index in [0.29, 0.717) is 140 Å². The number of rotatable bonds is 28. The predicted molar refractivity (Wildman–Crippen MR) is 439 cm³/mol. The molecule has 5 heterocycles. The van der Waals surface area contributed by atoms with Crippen molar-refractivity contribution in [2.24, 2.45) is 71.0 Å².